The molecule has 1 aromatic rings. The number of hydrogen-bond donors (Lipinski definition) is 0. The standard InChI is InChI=1S/C26H37F3N4S/c1-31-23(20-7-4-3-5-8-20)30-32(2)24(31)34-16-6-14-33-15-13-25(18-33)17-22(25)19-9-11-21(12-10-19)26(27,28)29/h9-12,20,22,24H,3-8,13-18H2,1-2H3/t22-,24?,25+/m1/s1. The first-order valence-corrected chi connectivity index (χ1v) is 13.9. The lowest BCUT2D eigenvalue weighted by atomic mass is 9.88. The Bertz CT molecular complexity index is 883. The fourth-order valence-corrected chi connectivity index (χ4v) is 7.52. The van der Waals surface area contributed by atoms with Crippen molar-refractivity contribution in [1.29, 1.82) is 0 Å². The average molecular weight is 495 g/mol. The molecule has 0 N–H and O–H groups in total. The van der Waals surface area contributed by atoms with Crippen LogP contribution in [-0.4, -0.2) is 65.6 Å². The van der Waals surface area contributed by atoms with Crippen LogP contribution in [0, 0.1) is 11.3 Å². The molecule has 8 heteroatoms. The lowest BCUT2D eigenvalue weighted by Gasteiger charge is -2.30. The van der Waals surface area contributed by atoms with Crippen molar-refractivity contribution in [1.82, 2.24) is 14.8 Å². The van der Waals surface area contributed by atoms with Gasteiger partial charge >= 0.3 is 6.18 Å². The Morgan fingerprint density at radius 3 is 2.53 bits per heavy atom. The van der Waals surface area contributed by atoms with E-state index in [2.05, 4.69) is 28.9 Å². The maximum atomic E-state index is 12.9. The molecule has 2 heterocycles. The predicted octanol–water partition coefficient (Wildman–Crippen LogP) is 6.06. The van der Waals surface area contributed by atoms with Crippen molar-refractivity contribution in [2.45, 2.75) is 69.0 Å². The molecule has 2 saturated carbocycles. The molecule has 1 aromatic carbocycles. The minimum Gasteiger partial charge on any atom is -0.331 e. The maximum absolute atomic E-state index is 12.9. The summed E-state index contributed by atoms with van der Waals surface area (Å²) in [6.07, 6.45) is 5.76. The van der Waals surface area contributed by atoms with Gasteiger partial charge in [-0.05, 0) is 80.0 Å². The monoisotopic (exact) mass is 494 g/mol. The Morgan fingerprint density at radius 2 is 1.82 bits per heavy atom. The third-order valence-electron chi connectivity index (χ3n) is 8.42. The second-order valence-electron chi connectivity index (χ2n) is 10.8. The predicted molar refractivity (Wildman–Crippen MR) is 133 cm³/mol. The van der Waals surface area contributed by atoms with Gasteiger partial charge in [0, 0.05) is 26.6 Å². The highest BCUT2D eigenvalue weighted by Crippen LogP contribution is 2.64. The van der Waals surface area contributed by atoms with Gasteiger partial charge < -0.3 is 9.80 Å². The molecular weight excluding hydrogens is 457 g/mol. The molecule has 4 nitrogen and oxygen atoms in total. The summed E-state index contributed by atoms with van der Waals surface area (Å²) in [7, 11) is 4.30. The number of thioether (sulfide) groups is 1. The highest BCUT2D eigenvalue weighted by molar-refractivity contribution is 7.99. The van der Waals surface area contributed by atoms with E-state index in [9.17, 15) is 13.2 Å². The molecular formula is C26H37F3N4S. The summed E-state index contributed by atoms with van der Waals surface area (Å²) >= 11 is 1.99. The van der Waals surface area contributed by atoms with Crippen molar-refractivity contribution in [3.63, 3.8) is 0 Å². The number of alkyl halides is 3. The molecule has 2 aliphatic heterocycles. The van der Waals surface area contributed by atoms with Crippen LogP contribution >= 0.6 is 11.8 Å². The van der Waals surface area contributed by atoms with Gasteiger partial charge in [-0.15, -0.1) is 11.8 Å². The highest BCUT2D eigenvalue weighted by atomic mass is 32.2. The summed E-state index contributed by atoms with van der Waals surface area (Å²) in [5.41, 5.74) is 1.12. The summed E-state index contributed by atoms with van der Waals surface area (Å²) in [6, 6.07) is 5.87. The van der Waals surface area contributed by atoms with Gasteiger partial charge in [0.25, 0.3) is 0 Å². The third kappa shape index (κ3) is 4.95. The summed E-state index contributed by atoms with van der Waals surface area (Å²) in [5.74, 6) is 3.44. The Balaban J connectivity index is 1.04. The van der Waals surface area contributed by atoms with Gasteiger partial charge in [0.05, 0.1) is 5.56 Å². The van der Waals surface area contributed by atoms with E-state index >= 15 is 0 Å². The summed E-state index contributed by atoms with van der Waals surface area (Å²) < 4.78 is 38.6. The fraction of sp³-hybridized carbons (Fsp3) is 0.731. The number of amidine groups is 1. The molecule has 3 atom stereocenters. The Morgan fingerprint density at radius 1 is 1.09 bits per heavy atom. The molecule has 0 radical (unpaired) electrons. The molecule has 1 saturated heterocycles. The second-order valence-corrected chi connectivity index (χ2v) is 12.0. The lowest BCUT2D eigenvalue weighted by molar-refractivity contribution is -0.137. The number of benzene rings is 1. The van der Waals surface area contributed by atoms with E-state index in [4.69, 9.17) is 5.10 Å². The van der Waals surface area contributed by atoms with Gasteiger partial charge in [0.1, 0.15) is 5.84 Å². The fourth-order valence-electron chi connectivity index (χ4n) is 6.42. The molecule has 1 spiro atoms. The molecule has 0 bridgehead atoms. The lowest BCUT2D eigenvalue weighted by Crippen LogP contribution is -2.38. The van der Waals surface area contributed by atoms with Crippen molar-refractivity contribution in [2.75, 3.05) is 39.5 Å². The van der Waals surface area contributed by atoms with Gasteiger partial charge in [-0.2, -0.15) is 18.3 Å². The Labute approximate surface area is 205 Å². The molecule has 1 unspecified atom stereocenters. The van der Waals surface area contributed by atoms with E-state index in [0.717, 1.165) is 43.8 Å². The zero-order valence-corrected chi connectivity index (χ0v) is 21.2. The van der Waals surface area contributed by atoms with Crippen LogP contribution in [0.5, 0.6) is 0 Å². The first kappa shape index (κ1) is 24.3. The van der Waals surface area contributed by atoms with Gasteiger partial charge in [-0.1, -0.05) is 31.4 Å². The van der Waals surface area contributed by atoms with Crippen molar-refractivity contribution in [3.05, 3.63) is 35.4 Å². The van der Waals surface area contributed by atoms with E-state index in [0.29, 0.717) is 22.7 Å². The number of halogens is 3. The Hall–Kier alpha value is -1.41. The van der Waals surface area contributed by atoms with Crippen LogP contribution < -0.4 is 0 Å². The van der Waals surface area contributed by atoms with Gasteiger partial charge in [0.15, 0.2) is 5.50 Å². The van der Waals surface area contributed by atoms with Crippen LogP contribution in [-0.2, 0) is 6.18 Å². The molecule has 0 aromatic heterocycles. The second kappa shape index (κ2) is 9.57. The van der Waals surface area contributed by atoms with Gasteiger partial charge in [-0.3, -0.25) is 5.01 Å². The molecule has 188 valence electrons. The SMILES string of the molecule is CN1N=C(C2CCCCC2)N(C)C1SCCCN1CC[C@]2(C[C@@H]2c2ccc(C(F)(F)F)cc2)C1. The minimum absolute atomic E-state index is 0.293. The third-order valence-corrected chi connectivity index (χ3v) is 9.87. The van der Waals surface area contributed by atoms with E-state index < -0.39 is 11.7 Å². The molecule has 4 aliphatic rings. The van der Waals surface area contributed by atoms with Crippen LogP contribution in [0.2, 0.25) is 0 Å². The van der Waals surface area contributed by atoms with E-state index in [-0.39, 0.29) is 0 Å². The molecule has 3 fully saturated rings. The first-order chi connectivity index (χ1) is 16.3. The van der Waals surface area contributed by atoms with E-state index in [1.165, 1.54) is 56.5 Å². The largest absolute Gasteiger partial charge is 0.416 e. The highest BCUT2D eigenvalue weighted by Gasteiger charge is 2.57. The smallest absolute Gasteiger partial charge is 0.331 e. The van der Waals surface area contributed by atoms with E-state index in [1.54, 1.807) is 12.1 Å². The van der Waals surface area contributed by atoms with Crippen molar-refractivity contribution < 1.29 is 13.2 Å². The van der Waals surface area contributed by atoms with Crippen molar-refractivity contribution in [2.24, 2.45) is 16.4 Å². The topological polar surface area (TPSA) is 22.1 Å². The van der Waals surface area contributed by atoms with Crippen LogP contribution in [0.3, 0.4) is 0 Å². The van der Waals surface area contributed by atoms with Gasteiger partial charge in [0.2, 0.25) is 0 Å². The average Bonchev–Trinajstić information content (AvgIpc) is 3.25. The number of hydrogen-bond acceptors (Lipinski definition) is 5. The normalized spacial score (nSPS) is 30.4. The minimum atomic E-state index is -4.26. The van der Waals surface area contributed by atoms with Crippen molar-refractivity contribution >= 4 is 17.6 Å². The molecule has 5 rings (SSSR count). The van der Waals surface area contributed by atoms with Crippen LogP contribution in [0.1, 0.15) is 68.4 Å². The molecule has 2 aliphatic carbocycles. The number of likely N-dealkylation sites (tertiary alicyclic amines) is 1. The first-order valence-electron chi connectivity index (χ1n) is 12.8. The number of rotatable bonds is 7. The van der Waals surface area contributed by atoms with Crippen molar-refractivity contribution in [3.8, 4) is 0 Å². The summed E-state index contributed by atoms with van der Waals surface area (Å²) in [5, 5.41) is 7.03. The number of hydrazone groups is 1. The number of nitrogens with zero attached hydrogens (tertiary/aromatic N) is 4. The zero-order valence-electron chi connectivity index (χ0n) is 20.4. The molecule has 0 amide bonds. The quantitative estimate of drug-likeness (QED) is 0.430. The van der Waals surface area contributed by atoms with Crippen LogP contribution in [0.15, 0.2) is 29.4 Å². The van der Waals surface area contributed by atoms with Crippen LogP contribution in [0.25, 0.3) is 0 Å². The maximum Gasteiger partial charge on any atom is 0.416 e. The van der Waals surface area contributed by atoms with Gasteiger partial charge in [-0.25, -0.2) is 0 Å². The zero-order chi connectivity index (χ0) is 23.9. The summed E-state index contributed by atoms with van der Waals surface area (Å²) in [6.45, 7) is 3.30. The van der Waals surface area contributed by atoms with E-state index in [1.807, 2.05) is 11.8 Å². The molecule has 34 heavy (non-hydrogen) atoms. The van der Waals surface area contributed by atoms with Crippen LogP contribution in [0.4, 0.5) is 13.2 Å². The Kier molecular flexibility index (Phi) is 6.83. The summed E-state index contributed by atoms with van der Waals surface area (Å²) in [4.78, 5) is 4.96.